The molecule has 2 rings (SSSR count). The third-order valence-electron chi connectivity index (χ3n) is 3.30. The third-order valence-corrected chi connectivity index (χ3v) is 3.30. The van der Waals surface area contributed by atoms with Crippen molar-refractivity contribution in [3.05, 3.63) is 35.6 Å². The molecular weight excluding hydrogens is 186 g/mol. The Morgan fingerprint density at radius 1 is 1.40 bits per heavy atom. The lowest BCUT2D eigenvalue weighted by atomic mass is 9.87. The van der Waals surface area contributed by atoms with Crippen molar-refractivity contribution in [3.8, 4) is 0 Å². The smallest absolute Gasteiger partial charge is 0.224 e. The quantitative estimate of drug-likeness (QED) is 0.700. The standard InChI is InChI=1S/C13H17NO.H2/c1-3-13(2)8-6-10-4-5-12(15)14-11(10)7-9-13;/h6-9H,3-5H2,1-2H3,(H,14,15);1H. The minimum Gasteiger partial charge on any atom is -0.326 e. The molecule has 2 aliphatic rings. The van der Waals surface area contributed by atoms with Gasteiger partial charge in [-0.15, -0.1) is 0 Å². The highest BCUT2D eigenvalue weighted by Gasteiger charge is 2.21. The molecule has 0 aromatic rings. The Kier molecular flexibility index (Phi) is 2.51. The molecule has 1 aliphatic heterocycles. The second-order valence-electron chi connectivity index (χ2n) is 4.51. The van der Waals surface area contributed by atoms with Gasteiger partial charge in [0.2, 0.25) is 5.91 Å². The highest BCUT2D eigenvalue weighted by Crippen LogP contribution is 2.31. The molecule has 0 radical (unpaired) electrons. The fourth-order valence-electron chi connectivity index (χ4n) is 1.85. The van der Waals surface area contributed by atoms with Gasteiger partial charge in [-0.1, -0.05) is 32.1 Å². The van der Waals surface area contributed by atoms with Crippen LogP contribution in [0.3, 0.4) is 0 Å². The molecule has 1 amide bonds. The lowest BCUT2D eigenvalue weighted by Crippen LogP contribution is -2.26. The monoisotopic (exact) mass is 205 g/mol. The second kappa shape index (κ2) is 3.69. The maximum Gasteiger partial charge on any atom is 0.224 e. The van der Waals surface area contributed by atoms with Crippen LogP contribution in [0.25, 0.3) is 0 Å². The molecule has 1 unspecified atom stereocenters. The van der Waals surface area contributed by atoms with E-state index in [-0.39, 0.29) is 12.7 Å². The molecule has 2 heteroatoms. The van der Waals surface area contributed by atoms with Crippen LogP contribution in [-0.4, -0.2) is 5.91 Å². The van der Waals surface area contributed by atoms with Crippen molar-refractivity contribution in [2.45, 2.75) is 33.1 Å². The van der Waals surface area contributed by atoms with E-state index >= 15 is 0 Å². The predicted molar refractivity (Wildman–Crippen MR) is 63.2 cm³/mol. The molecule has 2 nitrogen and oxygen atoms in total. The number of hydrogen-bond donors (Lipinski definition) is 1. The van der Waals surface area contributed by atoms with Gasteiger partial charge >= 0.3 is 0 Å². The van der Waals surface area contributed by atoms with E-state index < -0.39 is 0 Å². The second-order valence-corrected chi connectivity index (χ2v) is 4.51. The molecule has 15 heavy (non-hydrogen) atoms. The van der Waals surface area contributed by atoms with Crippen LogP contribution in [0.4, 0.5) is 0 Å². The summed E-state index contributed by atoms with van der Waals surface area (Å²) in [5, 5.41) is 2.92. The number of nitrogens with one attached hydrogen (secondary N) is 1. The van der Waals surface area contributed by atoms with E-state index in [4.69, 9.17) is 0 Å². The van der Waals surface area contributed by atoms with E-state index in [9.17, 15) is 4.79 Å². The van der Waals surface area contributed by atoms with Gasteiger partial charge in [-0.25, -0.2) is 0 Å². The summed E-state index contributed by atoms with van der Waals surface area (Å²) >= 11 is 0. The Morgan fingerprint density at radius 2 is 2.13 bits per heavy atom. The third kappa shape index (κ3) is 2.04. The van der Waals surface area contributed by atoms with Crippen molar-refractivity contribution in [2.24, 2.45) is 5.41 Å². The van der Waals surface area contributed by atoms with E-state index in [1.807, 2.05) is 0 Å². The average molecular weight is 205 g/mol. The molecule has 1 N–H and O–H groups in total. The lowest BCUT2D eigenvalue weighted by Gasteiger charge is -2.18. The molecule has 0 saturated heterocycles. The first-order chi connectivity index (χ1) is 7.13. The van der Waals surface area contributed by atoms with Gasteiger partial charge in [0.25, 0.3) is 0 Å². The number of rotatable bonds is 1. The molecule has 0 aromatic heterocycles. The fourth-order valence-corrected chi connectivity index (χ4v) is 1.85. The van der Waals surface area contributed by atoms with E-state index in [1.165, 1.54) is 5.57 Å². The zero-order valence-corrected chi connectivity index (χ0v) is 9.34. The number of carbonyl (C=O) groups is 1. The van der Waals surface area contributed by atoms with Crippen LogP contribution < -0.4 is 5.32 Å². The molecule has 0 bridgehead atoms. The Hall–Kier alpha value is -1.31. The maximum atomic E-state index is 11.3. The Balaban J connectivity index is 0.00000128. The van der Waals surface area contributed by atoms with Crippen molar-refractivity contribution >= 4 is 5.91 Å². The molecule has 82 valence electrons. The molecule has 0 spiro atoms. The molecule has 0 saturated carbocycles. The Labute approximate surface area is 92.2 Å². The first-order valence-electron chi connectivity index (χ1n) is 5.54. The molecule has 1 heterocycles. The molecule has 1 atom stereocenters. The maximum absolute atomic E-state index is 11.3. The first kappa shape index (κ1) is 10.2. The SMILES string of the molecule is CCC1(C)C=CC2=C(C=C1)NC(=O)CC2.[HH]. The van der Waals surface area contributed by atoms with Gasteiger partial charge in [0.05, 0.1) is 0 Å². The van der Waals surface area contributed by atoms with Crippen molar-refractivity contribution < 1.29 is 6.22 Å². The van der Waals surface area contributed by atoms with Gasteiger partial charge in [0.15, 0.2) is 0 Å². The fraction of sp³-hybridized carbons (Fsp3) is 0.462. The van der Waals surface area contributed by atoms with E-state index in [2.05, 4.69) is 43.5 Å². The summed E-state index contributed by atoms with van der Waals surface area (Å²) in [6.07, 6.45) is 11.2. The summed E-state index contributed by atoms with van der Waals surface area (Å²) < 4.78 is 0. The minimum atomic E-state index is 0. The topological polar surface area (TPSA) is 29.1 Å². The van der Waals surface area contributed by atoms with Gasteiger partial charge < -0.3 is 5.32 Å². The summed E-state index contributed by atoms with van der Waals surface area (Å²) in [5.41, 5.74) is 2.37. The van der Waals surface area contributed by atoms with Crippen LogP contribution in [0.2, 0.25) is 0 Å². The average Bonchev–Trinajstić information content (AvgIpc) is 2.40. The van der Waals surface area contributed by atoms with Crippen LogP contribution in [-0.2, 0) is 4.79 Å². The summed E-state index contributed by atoms with van der Waals surface area (Å²) in [5.74, 6) is 0.131. The van der Waals surface area contributed by atoms with Crippen molar-refractivity contribution in [3.63, 3.8) is 0 Å². The molecule has 0 fully saturated rings. The summed E-state index contributed by atoms with van der Waals surface area (Å²) in [4.78, 5) is 11.3. The van der Waals surface area contributed by atoms with Crippen molar-refractivity contribution in [1.82, 2.24) is 5.32 Å². The summed E-state index contributed by atoms with van der Waals surface area (Å²) in [6.45, 7) is 4.39. The highest BCUT2D eigenvalue weighted by molar-refractivity contribution is 5.80. The number of carbonyl (C=O) groups excluding carboxylic acids is 1. The molecular formula is C13H19NO. The number of allylic oxidation sites excluding steroid dienone is 5. The number of amides is 1. The zero-order chi connectivity index (χ0) is 10.9. The van der Waals surface area contributed by atoms with Gasteiger partial charge in [0, 0.05) is 19.0 Å². The molecule has 1 aliphatic carbocycles. The lowest BCUT2D eigenvalue weighted by molar-refractivity contribution is -0.120. The van der Waals surface area contributed by atoms with Gasteiger partial charge in [-0.05, 0) is 24.5 Å². The zero-order valence-electron chi connectivity index (χ0n) is 9.34. The van der Waals surface area contributed by atoms with Crippen LogP contribution >= 0.6 is 0 Å². The Morgan fingerprint density at radius 3 is 2.87 bits per heavy atom. The highest BCUT2D eigenvalue weighted by atomic mass is 16.1. The largest absolute Gasteiger partial charge is 0.326 e. The van der Waals surface area contributed by atoms with Gasteiger partial charge in [-0.3, -0.25) is 4.79 Å². The Bertz CT molecular complexity index is 381. The minimum absolute atomic E-state index is 0. The van der Waals surface area contributed by atoms with Crippen molar-refractivity contribution in [2.75, 3.05) is 0 Å². The molecule has 0 aromatic carbocycles. The van der Waals surface area contributed by atoms with Crippen molar-refractivity contribution in [1.29, 1.82) is 0 Å². The van der Waals surface area contributed by atoms with E-state index in [0.717, 1.165) is 18.5 Å². The van der Waals surface area contributed by atoms with E-state index in [1.54, 1.807) is 0 Å². The first-order valence-corrected chi connectivity index (χ1v) is 5.54. The summed E-state index contributed by atoms with van der Waals surface area (Å²) in [7, 11) is 0. The van der Waals surface area contributed by atoms with Crippen LogP contribution in [0.1, 0.15) is 34.5 Å². The number of hydrogen-bond acceptors (Lipinski definition) is 1. The predicted octanol–water partition coefficient (Wildman–Crippen LogP) is 2.94. The van der Waals surface area contributed by atoms with Crippen LogP contribution in [0, 0.1) is 5.41 Å². The van der Waals surface area contributed by atoms with Gasteiger partial charge in [0.1, 0.15) is 0 Å². The summed E-state index contributed by atoms with van der Waals surface area (Å²) in [6, 6.07) is 0. The van der Waals surface area contributed by atoms with E-state index in [0.29, 0.717) is 6.42 Å². The normalized spacial score (nSPS) is 29.9. The van der Waals surface area contributed by atoms with Gasteiger partial charge in [-0.2, -0.15) is 0 Å². The van der Waals surface area contributed by atoms with Crippen LogP contribution in [0.5, 0.6) is 0 Å². The van der Waals surface area contributed by atoms with Crippen LogP contribution in [0.15, 0.2) is 35.6 Å².